The second-order valence-electron chi connectivity index (χ2n) is 2.70. The van der Waals surface area contributed by atoms with E-state index in [9.17, 15) is 0 Å². The predicted octanol–water partition coefficient (Wildman–Crippen LogP) is 1.89. The molecule has 0 aromatic heterocycles. The predicted molar refractivity (Wildman–Crippen MR) is 49.5 cm³/mol. The van der Waals surface area contributed by atoms with E-state index < -0.39 is 0 Å². The summed E-state index contributed by atoms with van der Waals surface area (Å²) in [6.45, 7) is 1.03. The third-order valence-electron chi connectivity index (χ3n) is 1.70. The van der Waals surface area contributed by atoms with Crippen molar-refractivity contribution in [1.82, 2.24) is 5.32 Å². The zero-order valence-electron chi connectivity index (χ0n) is 6.96. The van der Waals surface area contributed by atoms with Crippen LogP contribution in [0.3, 0.4) is 0 Å². The van der Waals surface area contributed by atoms with Gasteiger partial charge in [-0.3, -0.25) is 0 Å². The Hall–Kier alpha value is -0.820. The summed E-state index contributed by atoms with van der Waals surface area (Å²) in [5.41, 5.74) is 0. The van der Waals surface area contributed by atoms with E-state index in [1.807, 2.05) is 7.05 Å². The van der Waals surface area contributed by atoms with Gasteiger partial charge in [-0.2, -0.15) is 0 Å². The van der Waals surface area contributed by atoms with Crippen LogP contribution in [0.4, 0.5) is 0 Å². The lowest BCUT2D eigenvalue weighted by molar-refractivity contribution is 0.700. The molecule has 0 aromatic rings. The summed E-state index contributed by atoms with van der Waals surface area (Å²) in [4.78, 5) is 0. The highest BCUT2D eigenvalue weighted by molar-refractivity contribution is 5.13. The maximum absolute atomic E-state index is 3.16. The van der Waals surface area contributed by atoms with Gasteiger partial charge in [0.25, 0.3) is 0 Å². The first kappa shape index (κ1) is 8.28. The molecular weight excluding hydrogens is 134 g/mol. The molecule has 0 spiro atoms. The molecule has 1 unspecified atom stereocenters. The second-order valence-corrected chi connectivity index (χ2v) is 2.70. The Morgan fingerprint density at radius 2 is 2.18 bits per heavy atom. The smallest absolute Gasteiger partial charge is 0.00748 e. The van der Waals surface area contributed by atoms with Gasteiger partial charge in [-0.1, -0.05) is 36.5 Å². The second kappa shape index (κ2) is 4.91. The fourth-order valence-corrected chi connectivity index (χ4v) is 1.13. The van der Waals surface area contributed by atoms with Gasteiger partial charge in [0.15, 0.2) is 0 Å². The van der Waals surface area contributed by atoms with E-state index in [0.29, 0.717) is 5.92 Å². The van der Waals surface area contributed by atoms with E-state index in [1.165, 1.54) is 0 Å². The molecule has 0 saturated carbocycles. The molecule has 60 valence electrons. The molecule has 0 amide bonds. The monoisotopic (exact) mass is 149 g/mol. The van der Waals surface area contributed by atoms with Crippen LogP contribution in [-0.2, 0) is 0 Å². The molecule has 1 rings (SSSR count). The molecule has 1 N–H and O–H groups in total. The Balaban J connectivity index is 2.50. The first-order valence-corrected chi connectivity index (χ1v) is 4.08. The van der Waals surface area contributed by atoms with E-state index in [1.54, 1.807) is 0 Å². The number of hydrogen-bond acceptors (Lipinski definition) is 1. The molecule has 11 heavy (non-hydrogen) atoms. The maximum atomic E-state index is 3.16. The van der Waals surface area contributed by atoms with Gasteiger partial charge in [0.2, 0.25) is 0 Å². The molecule has 0 fully saturated rings. The lowest BCUT2D eigenvalue weighted by Gasteiger charge is -2.06. The van der Waals surface area contributed by atoms with Gasteiger partial charge >= 0.3 is 0 Å². The van der Waals surface area contributed by atoms with E-state index >= 15 is 0 Å². The number of nitrogens with one attached hydrogen (secondary N) is 1. The SMILES string of the molecule is CNCC1C=C/C=C\CC=C1. The van der Waals surface area contributed by atoms with Crippen molar-refractivity contribution in [3.8, 4) is 0 Å². The third kappa shape index (κ3) is 3.19. The van der Waals surface area contributed by atoms with Crippen molar-refractivity contribution in [2.24, 2.45) is 5.92 Å². The van der Waals surface area contributed by atoms with Crippen LogP contribution in [0.25, 0.3) is 0 Å². The summed E-state index contributed by atoms with van der Waals surface area (Å²) in [7, 11) is 1.98. The van der Waals surface area contributed by atoms with Crippen LogP contribution in [0.1, 0.15) is 6.42 Å². The minimum absolute atomic E-state index is 0.560. The van der Waals surface area contributed by atoms with Gasteiger partial charge in [-0.25, -0.2) is 0 Å². The Labute approximate surface area is 68.5 Å². The molecule has 1 heteroatoms. The molecule has 0 aliphatic heterocycles. The van der Waals surface area contributed by atoms with E-state index in [2.05, 4.69) is 41.8 Å². The summed E-state index contributed by atoms with van der Waals surface area (Å²) in [5.74, 6) is 0.560. The molecule has 0 aromatic carbocycles. The summed E-state index contributed by atoms with van der Waals surface area (Å²) in [6.07, 6.45) is 14.1. The molecule has 0 heterocycles. The summed E-state index contributed by atoms with van der Waals surface area (Å²) >= 11 is 0. The van der Waals surface area contributed by atoms with Crippen LogP contribution in [0, 0.1) is 5.92 Å². The highest BCUT2D eigenvalue weighted by atomic mass is 14.8. The van der Waals surface area contributed by atoms with Crippen molar-refractivity contribution in [1.29, 1.82) is 0 Å². The highest BCUT2D eigenvalue weighted by Crippen LogP contribution is 2.04. The molecule has 1 atom stereocenters. The molecule has 0 bridgehead atoms. The summed E-state index contributed by atoms with van der Waals surface area (Å²) in [6, 6.07) is 0. The zero-order chi connectivity index (χ0) is 7.94. The van der Waals surface area contributed by atoms with Gasteiger partial charge in [-0.15, -0.1) is 0 Å². The van der Waals surface area contributed by atoms with Crippen LogP contribution < -0.4 is 5.32 Å². The van der Waals surface area contributed by atoms with Crippen molar-refractivity contribution in [3.05, 3.63) is 36.5 Å². The molecule has 1 aliphatic rings. The van der Waals surface area contributed by atoms with Crippen molar-refractivity contribution in [2.75, 3.05) is 13.6 Å². The van der Waals surface area contributed by atoms with Crippen LogP contribution in [-0.4, -0.2) is 13.6 Å². The first-order valence-electron chi connectivity index (χ1n) is 4.08. The number of rotatable bonds is 2. The minimum atomic E-state index is 0.560. The van der Waals surface area contributed by atoms with Crippen LogP contribution in [0.5, 0.6) is 0 Å². The average molecular weight is 149 g/mol. The standard InChI is InChI=1S/C10H15N/c1-11-9-10-7-5-3-2-4-6-8-10/h2-3,5-8,10-11H,4,9H2,1H3/b3-2-,7-5?,8-6?. The van der Waals surface area contributed by atoms with E-state index in [-0.39, 0.29) is 0 Å². The molecular formula is C10H15N. The van der Waals surface area contributed by atoms with Gasteiger partial charge in [0.1, 0.15) is 0 Å². The molecule has 1 nitrogen and oxygen atoms in total. The molecule has 0 saturated heterocycles. The minimum Gasteiger partial charge on any atom is -0.319 e. The van der Waals surface area contributed by atoms with E-state index in [0.717, 1.165) is 13.0 Å². The van der Waals surface area contributed by atoms with Gasteiger partial charge < -0.3 is 5.32 Å². The van der Waals surface area contributed by atoms with Crippen molar-refractivity contribution in [3.63, 3.8) is 0 Å². The average Bonchev–Trinajstić information content (AvgIpc) is 1.94. The number of allylic oxidation sites excluding steroid dienone is 4. The molecule has 1 aliphatic carbocycles. The first-order chi connectivity index (χ1) is 5.43. The summed E-state index contributed by atoms with van der Waals surface area (Å²) in [5, 5.41) is 3.16. The molecule has 0 radical (unpaired) electrons. The zero-order valence-corrected chi connectivity index (χ0v) is 6.96. The van der Waals surface area contributed by atoms with Gasteiger partial charge in [0.05, 0.1) is 0 Å². The fourth-order valence-electron chi connectivity index (χ4n) is 1.13. The normalized spacial score (nSPS) is 26.1. The lowest BCUT2D eigenvalue weighted by Crippen LogP contribution is -2.15. The van der Waals surface area contributed by atoms with Crippen LogP contribution >= 0.6 is 0 Å². The van der Waals surface area contributed by atoms with Crippen molar-refractivity contribution >= 4 is 0 Å². The Morgan fingerprint density at radius 3 is 3.00 bits per heavy atom. The summed E-state index contributed by atoms with van der Waals surface area (Å²) < 4.78 is 0. The quantitative estimate of drug-likeness (QED) is 0.591. The Kier molecular flexibility index (Phi) is 3.70. The van der Waals surface area contributed by atoms with E-state index in [4.69, 9.17) is 0 Å². The number of hydrogen-bond donors (Lipinski definition) is 1. The third-order valence-corrected chi connectivity index (χ3v) is 1.70. The van der Waals surface area contributed by atoms with Crippen molar-refractivity contribution < 1.29 is 0 Å². The Morgan fingerprint density at radius 1 is 1.27 bits per heavy atom. The van der Waals surface area contributed by atoms with Crippen LogP contribution in [0.2, 0.25) is 0 Å². The fraction of sp³-hybridized carbons (Fsp3) is 0.400. The van der Waals surface area contributed by atoms with Gasteiger partial charge in [-0.05, 0) is 13.5 Å². The topological polar surface area (TPSA) is 12.0 Å². The van der Waals surface area contributed by atoms with Gasteiger partial charge in [0, 0.05) is 12.5 Å². The maximum Gasteiger partial charge on any atom is 0.00748 e. The van der Waals surface area contributed by atoms with Crippen LogP contribution in [0.15, 0.2) is 36.5 Å². The lowest BCUT2D eigenvalue weighted by atomic mass is 10.1. The highest BCUT2D eigenvalue weighted by Gasteiger charge is 1.96. The largest absolute Gasteiger partial charge is 0.319 e. The Bertz CT molecular complexity index is 177. The van der Waals surface area contributed by atoms with Crippen molar-refractivity contribution in [2.45, 2.75) is 6.42 Å².